The number of methoxy groups -OCH3 is 1. The molecule has 2 rings (SSSR count). The second kappa shape index (κ2) is 6.63. The van der Waals surface area contributed by atoms with E-state index in [9.17, 15) is 4.79 Å². The normalized spacial score (nSPS) is 10.2. The largest absolute Gasteiger partial charge is 0.495 e. The van der Waals surface area contributed by atoms with Gasteiger partial charge in [-0.05, 0) is 48.4 Å². The Kier molecular flexibility index (Phi) is 4.85. The molecule has 1 amide bonds. The third kappa shape index (κ3) is 3.76. The van der Waals surface area contributed by atoms with Gasteiger partial charge in [0.05, 0.1) is 12.8 Å². The van der Waals surface area contributed by atoms with Crippen molar-refractivity contribution < 1.29 is 9.53 Å². The van der Waals surface area contributed by atoms with Crippen LogP contribution in [0.2, 0.25) is 0 Å². The second-order valence-corrected chi connectivity index (χ2v) is 5.62. The minimum Gasteiger partial charge on any atom is -0.495 e. The number of anilines is 1. The molecule has 0 unspecified atom stereocenters. The van der Waals surface area contributed by atoms with Crippen LogP contribution in [0.5, 0.6) is 5.75 Å². The van der Waals surface area contributed by atoms with Crippen molar-refractivity contribution in [2.24, 2.45) is 5.73 Å². The number of carbonyl (C=O) groups is 1. The Morgan fingerprint density at radius 2 is 2.05 bits per heavy atom. The van der Waals surface area contributed by atoms with E-state index in [1.165, 1.54) is 0 Å². The maximum atomic E-state index is 11.1. The molecule has 110 valence electrons. The molecule has 0 saturated heterocycles. The van der Waals surface area contributed by atoms with Gasteiger partial charge in [0.15, 0.2) is 0 Å². The lowest BCUT2D eigenvalue weighted by atomic mass is 10.0. The van der Waals surface area contributed by atoms with Crippen LogP contribution in [0, 0.1) is 6.92 Å². The predicted octanol–water partition coefficient (Wildman–Crippen LogP) is 3.48. The lowest BCUT2D eigenvalue weighted by Gasteiger charge is -2.13. The van der Waals surface area contributed by atoms with Crippen LogP contribution in [0.1, 0.15) is 21.5 Å². The van der Waals surface area contributed by atoms with Crippen LogP contribution in [0.3, 0.4) is 0 Å². The molecule has 2 aromatic carbocycles. The zero-order chi connectivity index (χ0) is 15.4. The molecule has 0 saturated carbocycles. The molecule has 5 heteroatoms. The molecule has 0 fully saturated rings. The lowest BCUT2D eigenvalue weighted by Crippen LogP contribution is -2.12. The van der Waals surface area contributed by atoms with Gasteiger partial charge in [-0.3, -0.25) is 4.79 Å². The summed E-state index contributed by atoms with van der Waals surface area (Å²) >= 11 is 3.44. The maximum absolute atomic E-state index is 11.1. The van der Waals surface area contributed by atoms with Gasteiger partial charge in [0.25, 0.3) is 0 Å². The SMILES string of the molecule is COc1ccc(Br)cc1NCc1ccc(C(N)=O)cc1C. The van der Waals surface area contributed by atoms with E-state index in [1.54, 1.807) is 19.2 Å². The topological polar surface area (TPSA) is 64.3 Å². The van der Waals surface area contributed by atoms with Gasteiger partial charge in [-0.2, -0.15) is 0 Å². The van der Waals surface area contributed by atoms with Crippen molar-refractivity contribution in [2.45, 2.75) is 13.5 Å². The molecule has 2 aromatic rings. The highest BCUT2D eigenvalue weighted by Gasteiger charge is 2.06. The number of halogens is 1. The minimum absolute atomic E-state index is 0.411. The van der Waals surface area contributed by atoms with Gasteiger partial charge in [-0.1, -0.05) is 22.0 Å². The van der Waals surface area contributed by atoms with Crippen LogP contribution >= 0.6 is 15.9 Å². The molecule has 0 aliphatic heterocycles. The number of hydrogen-bond acceptors (Lipinski definition) is 3. The Morgan fingerprint density at radius 1 is 1.29 bits per heavy atom. The quantitative estimate of drug-likeness (QED) is 0.869. The summed E-state index contributed by atoms with van der Waals surface area (Å²) in [6.45, 7) is 2.60. The van der Waals surface area contributed by atoms with E-state index in [4.69, 9.17) is 10.5 Å². The Balaban J connectivity index is 2.17. The average Bonchev–Trinajstić information content (AvgIpc) is 2.46. The van der Waals surface area contributed by atoms with E-state index in [2.05, 4.69) is 21.2 Å². The van der Waals surface area contributed by atoms with Crippen LogP contribution in [0.25, 0.3) is 0 Å². The van der Waals surface area contributed by atoms with Crippen molar-refractivity contribution in [1.29, 1.82) is 0 Å². The Bertz CT molecular complexity index is 671. The number of aryl methyl sites for hydroxylation is 1. The zero-order valence-electron chi connectivity index (χ0n) is 11.9. The molecule has 3 N–H and O–H groups in total. The summed E-state index contributed by atoms with van der Waals surface area (Å²) in [5, 5.41) is 3.34. The van der Waals surface area contributed by atoms with Gasteiger partial charge < -0.3 is 15.8 Å². The van der Waals surface area contributed by atoms with Crippen LogP contribution in [-0.4, -0.2) is 13.0 Å². The van der Waals surface area contributed by atoms with Gasteiger partial charge in [0.2, 0.25) is 5.91 Å². The number of nitrogens with one attached hydrogen (secondary N) is 1. The van der Waals surface area contributed by atoms with Gasteiger partial charge in [-0.25, -0.2) is 0 Å². The molecule has 0 atom stereocenters. The predicted molar refractivity (Wildman–Crippen MR) is 87.7 cm³/mol. The molecule has 0 radical (unpaired) electrons. The van der Waals surface area contributed by atoms with E-state index in [0.717, 1.165) is 27.0 Å². The van der Waals surface area contributed by atoms with E-state index in [-0.39, 0.29) is 0 Å². The minimum atomic E-state index is -0.411. The van der Waals surface area contributed by atoms with Gasteiger partial charge in [0, 0.05) is 16.6 Å². The monoisotopic (exact) mass is 348 g/mol. The van der Waals surface area contributed by atoms with E-state index in [0.29, 0.717) is 12.1 Å². The third-order valence-corrected chi connectivity index (χ3v) is 3.75. The highest BCUT2D eigenvalue weighted by molar-refractivity contribution is 9.10. The maximum Gasteiger partial charge on any atom is 0.248 e. The van der Waals surface area contributed by atoms with Gasteiger partial charge >= 0.3 is 0 Å². The van der Waals surface area contributed by atoms with Crippen molar-refractivity contribution in [1.82, 2.24) is 0 Å². The summed E-state index contributed by atoms with van der Waals surface area (Å²) in [5.41, 5.74) is 8.83. The van der Waals surface area contributed by atoms with Crippen molar-refractivity contribution in [3.63, 3.8) is 0 Å². The summed E-state index contributed by atoms with van der Waals surface area (Å²) in [6, 6.07) is 11.2. The smallest absolute Gasteiger partial charge is 0.248 e. The van der Waals surface area contributed by atoms with Crippen LogP contribution in [0.4, 0.5) is 5.69 Å². The first-order chi connectivity index (χ1) is 10.0. The summed E-state index contributed by atoms with van der Waals surface area (Å²) in [7, 11) is 1.64. The number of nitrogens with two attached hydrogens (primary N) is 1. The number of primary amides is 1. The standard InChI is InChI=1S/C16H17BrN2O2/c1-10-7-11(16(18)20)3-4-12(10)9-19-14-8-13(17)5-6-15(14)21-2/h3-8,19H,9H2,1-2H3,(H2,18,20). The van der Waals surface area contributed by atoms with Crippen molar-refractivity contribution in [3.8, 4) is 5.75 Å². The molecule has 0 spiro atoms. The molecule has 4 nitrogen and oxygen atoms in total. The van der Waals surface area contributed by atoms with Crippen molar-refractivity contribution in [3.05, 3.63) is 57.6 Å². The molecule has 0 bridgehead atoms. The summed E-state index contributed by atoms with van der Waals surface area (Å²) < 4.78 is 6.30. The molecule has 0 aliphatic carbocycles. The zero-order valence-corrected chi connectivity index (χ0v) is 13.5. The fourth-order valence-corrected chi connectivity index (χ4v) is 2.42. The number of hydrogen-bond donors (Lipinski definition) is 2. The molecule has 21 heavy (non-hydrogen) atoms. The van der Waals surface area contributed by atoms with E-state index < -0.39 is 5.91 Å². The second-order valence-electron chi connectivity index (χ2n) is 4.70. The number of rotatable bonds is 5. The van der Waals surface area contributed by atoms with E-state index in [1.807, 2.05) is 31.2 Å². The van der Waals surface area contributed by atoms with Gasteiger partial charge in [0.1, 0.15) is 5.75 Å². The summed E-state index contributed by atoms with van der Waals surface area (Å²) in [5.74, 6) is 0.371. The van der Waals surface area contributed by atoms with Crippen molar-refractivity contribution >= 4 is 27.5 Å². The first-order valence-electron chi connectivity index (χ1n) is 6.48. The average molecular weight is 349 g/mol. The van der Waals surface area contributed by atoms with E-state index >= 15 is 0 Å². The molecule has 0 aliphatic rings. The Hall–Kier alpha value is -2.01. The Labute approximate surface area is 132 Å². The number of ether oxygens (including phenoxy) is 1. The molecular formula is C16H17BrN2O2. The van der Waals surface area contributed by atoms with Crippen LogP contribution < -0.4 is 15.8 Å². The number of amides is 1. The van der Waals surface area contributed by atoms with Crippen LogP contribution in [0.15, 0.2) is 40.9 Å². The van der Waals surface area contributed by atoms with Crippen LogP contribution in [-0.2, 0) is 6.54 Å². The number of carbonyl (C=O) groups excluding carboxylic acids is 1. The molecular weight excluding hydrogens is 332 g/mol. The Morgan fingerprint density at radius 3 is 2.67 bits per heavy atom. The first-order valence-corrected chi connectivity index (χ1v) is 7.27. The first kappa shape index (κ1) is 15.4. The lowest BCUT2D eigenvalue weighted by molar-refractivity contribution is 0.1000. The molecule has 0 heterocycles. The summed E-state index contributed by atoms with van der Waals surface area (Å²) in [4.78, 5) is 11.1. The fraction of sp³-hybridized carbons (Fsp3) is 0.188. The number of benzene rings is 2. The summed E-state index contributed by atoms with van der Waals surface area (Å²) in [6.07, 6.45) is 0. The fourth-order valence-electron chi connectivity index (χ4n) is 2.06. The highest BCUT2D eigenvalue weighted by atomic mass is 79.9. The third-order valence-electron chi connectivity index (χ3n) is 3.26. The van der Waals surface area contributed by atoms with Gasteiger partial charge in [-0.15, -0.1) is 0 Å². The van der Waals surface area contributed by atoms with Crippen molar-refractivity contribution in [2.75, 3.05) is 12.4 Å². The highest BCUT2D eigenvalue weighted by Crippen LogP contribution is 2.28. The molecule has 0 aromatic heterocycles.